The molecular formula is C10H17NO3. The predicted molar refractivity (Wildman–Crippen MR) is 53.4 cm³/mol. The molecule has 0 spiro atoms. The van der Waals surface area contributed by atoms with Gasteiger partial charge < -0.3 is 10.1 Å². The van der Waals surface area contributed by atoms with Crippen molar-refractivity contribution >= 4 is 11.9 Å². The number of methoxy groups -OCH3 is 1. The van der Waals surface area contributed by atoms with Crippen LogP contribution in [0, 0.1) is 5.92 Å². The van der Waals surface area contributed by atoms with Crippen molar-refractivity contribution < 1.29 is 14.3 Å². The standard InChI is InChI=1S/C10H17NO3/c1-5-8(10(13)14-4)11-9(12)6-7(2)3/h5,7H,6H2,1-4H3,(H,11,12). The number of carbonyl (C=O) groups is 2. The van der Waals surface area contributed by atoms with Gasteiger partial charge in [0, 0.05) is 6.42 Å². The van der Waals surface area contributed by atoms with Crippen molar-refractivity contribution in [3.63, 3.8) is 0 Å². The third kappa shape index (κ3) is 4.64. The number of hydrogen-bond acceptors (Lipinski definition) is 3. The van der Waals surface area contributed by atoms with Crippen molar-refractivity contribution in [3.05, 3.63) is 11.8 Å². The largest absolute Gasteiger partial charge is 0.464 e. The predicted octanol–water partition coefficient (Wildman–Crippen LogP) is 1.23. The maximum atomic E-state index is 11.3. The Morgan fingerprint density at radius 1 is 1.43 bits per heavy atom. The van der Waals surface area contributed by atoms with Crippen LogP contribution < -0.4 is 5.32 Å². The highest BCUT2D eigenvalue weighted by Gasteiger charge is 2.12. The van der Waals surface area contributed by atoms with Crippen LogP contribution in [0.2, 0.25) is 0 Å². The van der Waals surface area contributed by atoms with E-state index < -0.39 is 5.97 Å². The molecule has 1 amide bonds. The van der Waals surface area contributed by atoms with Crippen LogP contribution in [0.4, 0.5) is 0 Å². The van der Waals surface area contributed by atoms with E-state index >= 15 is 0 Å². The van der Waals surface area contributed by atoms with Crippen molar-refractivity contribution in [1.82, 2.24) is 5.32 Å². The van der Waals surface area contributed by atoms with Gasteiger partial charge in [0.25, 0.3) is 0 Å². The number of hydrogen-bond donors (Lipinski definition) is 1. The minimum Gasteiger partial charge on any atom is -0.464 e. The Kier molecular flexibility index (Phi) is 5.60. The second-order valence-electron chi connectivity index (χ2n) is 3.34. The van der Waals surface area contributed by atoms with E-state index in [9.17, 15) is 9.59 Å². The highest BCUT2D eigenvalue weighted by Crippen LogP contribution is 2.00. The van der Waals surface area contributed by atoms with Gasteiger partial charge in [0.1, 0.15) is 5.70 Å². The van der Waals surface area contributed by atoms with E-state index in [1.54, 1.807) is 6.92 Å². The summed E-state index contributed by atoms with van der Waals surface area (Å²) < 4.78 is 4.49. The minimum absolute atomic E-state index is 0.168. The Morgan fingerprint density at radius 2 is 2.00 bits per heavy atom. The van der Waals surface area contributed by atoms with Crippen LogP contribution in [-0.4, -0.2) is 19.0 Å². The molecule has 4 heteroatoms. The quantitative estimate of drug-likeness (QED) is 0.547. The maximum Gasteiger partial charge on any atom is 0.354 e. The van der Waals surface area contributed by atoms with Gasteiger partial charge in [-0.05, 0) is 12.8 Å². The van der Waals surface area contributed by atoms with Crippen LogP contribution in [0.15, 0.2) is 11.8 Å². The zero-order chi connectivity index (χ0) is 11.1. The molecule has 0 atom stereocenters. The SMILES string of the molecule is CC=C(NC(=O)CC(C)C)C(=O)OC. The van der Waals surface area contributed by atoms with E-state index in [-0.39, 0.29) is 17.5 Å². The lowest BCUT2D eigenvalue weighted by Crippen LogP contribution is -2.28. The third-order valence-corrected chi connectivity index (χ3v) is 1.56. The first-order valence-electron chi connectivity index (χ1n) is 4.55. The number of ether oxygens (including phenoxy) is 1. The van der Waals surface area contributed by atoms with Gasteiger partial charge in [0.05, 0.1) is 7.11 Å². The first-order valence-corrected chi connectivity index (χ1v) is 4.55. The molecular weight excluding hydrogens is 182 g/mol. The molecule has 0 aliphatic rings. The smallest absolute Gasteiger partial charge is 0.354 e. The Balaban J connectivity index is 4.21. The second kappa shape index (κ2) is 6.18. The number of esters is 1. The molecule has 0 bridgehead atoms. The van der Waals surface area contributed by atoms with Crippen molar-refractivity contribution in [3.8, 4) is 0 Å². The van der Waals surface area contributed by atoms with E-state index in [1.165, 1.54) is 13.2 Å². The van der Waals surface area contributed by atoms with Crippen molar-refractivity contribution in [2.24, 2.45) is 5.92 Å². The average molecular weight is 199 g/mol. The third-order valence-electron chi connectivity index (χ3n) is 1.56. The summed E-state index contributed by atoms with van der Waals surface area (Å²) in [5, 5.41) is 2.50. The Bertz CT molecular complexity index is 244. The molecule has 0 aromatic carbocycles. The van der Waals surface area contributed by atoms with Crippen molar-refractivity contribution in [2.75, 3.05) is 7.11 Å². The molecule has 1 N–H and O–H groups in total. The molecule has 0 aliphatic heterocycles. The van der Waals surface area contributed by atoms with E-state index in [4.69, 9.17) is 0 Å². The molecule has 0 rings (SSSR count). The number of nitrogens with one attached hydrogen (secondary N) is 1. The molecule has 0 fully saturated rings. The molecule has 14 heavy (non-hydrogen) atoms. The molecule has 0 radical (unpaired) electrons. The van der Waals surface area contributed by atoms with Gasteiger partial charge >= 0.3 is 5.97 Å². The van der Waals surface area contributed by atoms with E-state index in [1.807, 2.05) is 13.8 Å². The van der Waals surface area contributed by atoms with E-state index in [2.05, 4.69) is 10.1 Å². The van der Waals surface area contributed by atoms with Crippen molar-refractivity contribution in [1.29, 1.82) is 0 Å². The lowest BCUT2D eigenvalue weighted by atomic mass is 10.1. The highest BCUT2D eigenvalue weighted by molar-refractivity contribution is 5.93. The molecule has 0 saturated heterocycles. The molecule has 0 saturated carbocycles. The van der Waals surface area contributed by atoms with Gasteiger partial charge in [-0.15, -0.1) is 0 Å². The topological polar surface area (TPSA) is 55.4 Å². The van der Waals surface area contributed by atoms with Gasteiger partial charge in [-0.25, -0.2) is 4.79 Å². The lowest BCUT2D eigenvalue weighted by Gasteiger charge is -2.08. The molecule has 0 aromatic rings. The van der Waals surface area contributed by atoms with Crippen LogP contribution in [0.5, 0.6) is 0 Å². The maximum absolute atomic E-state index is 11.3. The fourth-order valence-corrected chi connectivity index (χ4v) is 0.923. The summed E-state index contributed by atoms with van der Waals surface area (Å²) in [5.41, 5.74) is 0.193. The molecule has 0 aliphatic carbocycles. The van der Waals surface area contributed by atoms with Gasteiger partial charge in [-0.3, -0.25) is 4.79 Å². The summed E-state index contributed by atoms with van der Waals surface area (Å²) in [4.78, 5) is 22.3. The number of amides is 1. The molecule has 4 nitrogen and oxygen atoms in total. The fraction of sp³-hybridized carbons (Fsp3) is 0.600. The van der Waals surface area contributed by atoms with Crippen molar-refractivity contribution in [2.45, 2.75) is 27.2 Å². The van der Waals surface area contributed by atoms with Crippen LogP contribution in [0.25, 0.3) is 0 Å². The highest BCUT2D eigenvalue weighted by atomic mass is 16.5. The second-order valence-corrected chi connectivity index (χ2v) is 3.34. The average Bonchev–Trinajstić information content (AvgIpc) is 2.11. The first kappa shape index (κ1) is 12.7. The van der Waals surface area contributed by atoms with Crippen LogP contribution in [0.3, 0.4) is 0 Å². The fourth-order valence-electron chi connectivity index (χ4n) is 0.923. The Labute approximate surface area is 84.3 Å². The van der Waals surface area contributed by atoms with Gasteiger partial charge in [0.15, 0.2) is 0 Å². The summed E-state index contributed by atoms with van der Waals surface area (Å²) in [5.74, 6) is -0.422. The van der Waals surface area contributed by atoms with E-state index in [0.717, 1.165) is 0 Å². The first-order chi connectivity index (χ1) is 6.51. The Morgan fingerprint density at radius 3 is 2.36 bits per heavy atom. The molecule has 0 heterocycles. The van der Waals surface area contributed by atoms with Crippen LogP contribution in [-0.2, 0) is 14.3 Å². The van der Waals surface area contributed by atoms with Gasteiger partial charge in [0.2, 0.25) is 5.91 Å². The number of rotatable bonds is 4. The summed E-state index contributed by atoms with van der Waals surface area (Å²) in [7, 11) is 1.28. The van der Waals surface area contributed by atoms with Gasteiger partial charge in [-0.1, -0.05) is 19.9 Å². The Hall–Kier alpha value is -1.32. The molecule has 80 valence electrons. The monoisotopic (exact) mass is 199 g/mol. The zero-order valence-electron chi connectivity index (χ0n) is 9.09. The van der Waals surface area contributed by atoms with Gasteiger partial charge in [-0.2, -0.15) is 0 Å². The normalized spacial score (nSPS) is 11.4. The summed E-state index contributed by atoms with van der Waals surface area (Å²) in [6.07, 6.45) is 1.92. The molecule has 0 unspecified atom stereocenters. The van der Waals surface area contributed by atoms with E-state index in [0.29, 0.717) is 6.42 Å². The lowest BCUT2D eigenvalue weighted by molar-refractivity contribution is -0.137. The van der Waals surface area contributed by atoms with Crippen LogP contribution in [0.1, 0.15) is 27.2 Å². The minimum atomic E-state index is -0.524. The number of carbonyl (C=O) groups excluding carboxylic acids is 2. The summed E-state index contributed by atoms with van der Waals surface area (Å²) >= 11 is 0. The molecule has 0 aromatic heterocycles. The zero-order valence-corrected chi connectivity index (χ0v) is 9.09. The number of allylic oxidation sites excluding steroid dienone is 1. The van der Waals surface area contributed by atoms with Crippen LogP contribution >= 0.6 is 0 Å². The summed E-state index contributed by atoms with van der Waals surface area (Å²) in [6, 6.07) is 0. The summed E-state index contributed by atoms with van der Waals surface area (Å²) in [6.45, 7) is 5.54.